The maximum atomic E-state index is 12.0. The molecule has 0 amide bonds. The van der Waals surface area contributed by atoms with Crippen molar-refractivity contribution < 1.29 is 14.7 Å². The molecule has 2 unspecified atom stereocenters. The average Bonchev–Trinajstić information content (AvgIpc) is 2.43. The monoisotopic (exact) mass is 334 g/mol. The highest BCUT2D eigenvalue weighted by Gasteiger charge is 2.15. The van der Waals surface area contributed by atoms with Crippen molar-refractivity contribution in [3.05, 3.63) is 41.2 Å². The molecule has 0 aliphatic carbocycles. The number of azo groups is 1. The minimum atomic E-state index is -0.661. The van der Waals surface area contributed by atoms with E-state index >= 15 is 0 Å². The third kappa shape index (κ3) is 6.71. The van der Waals surface area contributed by atoms with Crippen LogP contribution in [0, 0.1) is 11.1 Å². The number of hydrogen-bond acceptors (Lipinski definition) is 4. The molecule has 1 aromatic carbocycles. The Bertz CT molecular complexity index is 582. The molecule has 0 heterocycles. The van der Waals surface area contributed by atoms with E-state index in [4.69, 9.17) is 4.74 Å². The fraction of sp³-hybridized carbons (Fsp3) is 0.579. The summed E-state index contributed by atoms with van der Waals surface area (Å²) in [6.07, 6.45) is 0.814. The van der Waals surface area contributed by atoms with Crippen molar-refractivity contribution in [3.8, 4) is 5.75 Å². The molecule has 1 rings (SSSR count). The van der Waals surface area contributed by atoms with Crippen LogP contribution in [-0.2, 0) is 0 Å². The largest absolute Gasteiger partial charge is 0.595 e. The molecule has 24 heavy (non-hydrogen) atoms. The van der Waals surface area contributed by atoms with E-state index in [1.807, 2.05) is 58.9 Å². The molecule has 5 heteroatoms. The highest BCUT2D eigenvalue weighted by atomic mass is 16.5. The van der Waals surface area contributed by atoms with Crippen LogP contribution in [0.25, 0.3) is 5.57 Å². The van der Waals surface area contributed by atoms with Gasteiger partial charge in [-0.25, -0.2) is 0 Å². The molecular weight excluding hydrogens is 304 g/mol. The van der Waals surface area contributed by atoms with Crippen LogP contribution in [0.3, 0.4) is 0 Å². The summed E-state index contributed by atoms with van der Waals surface area (Å²) < 4.78 is 5.82. The Morgan fingerprint density at radius 2 is 1.71 bits per heavy atom. The van der Waals surface area contributed by atoms with E-state index in [0.717, 1.165) is 16.9 Å². The fourth-order valence-corrected chi connectivity index (χ4v) is 2.05. The fourth-order valence-electron chi connectivity index (χ4n) is 2.05. The highest BCUT2D eigenvalue weighted by molar-refractivity contribution is 5.66. The van der Waals surface area contributed by atoms with Crippen molar-refractivity contribution in [1.29, 1.82) is 0 Å². The SMILES string of the molecule is CC(C)/C(=C/[N+]([O-])=NC(C)C(C)O)c1ccc(OC(C)(C)C)cc1. The number of aliphatic hydroxyl groups excluding tert-OH is 1. The molecule has 134 valence electrons. The van der Waals surface area contributed by atoms with Crippen LogP contribution < -0.4 is 4.74 Å². The van der Waals surface area contributed by atoms with Gasteiger partial charge in [-0.3, -0.25) is 0 Å². The lowest BCUT2D eigenvalue weighted by molar-refractivity contribution is -0.462. The summed E-state index contributed by atoms with van der Waals surface area (Å²) in [5, 5.41) is 25.4. The number of hydrogen-bond donors (Lipinski definition) is 1. The van der Waals surface area contributed by atoms with E-state index in [9.17, 15) is 10.3 Å². The van der Waals surface area contributed by atoms with Crippen molar-refractivity contribution in [2.75, 3.05) is 0 Å². The molecule has 1 aromatic rings. The van der Waals surface area contributed by atoms with Gasteiger partial charge in [0.05, 0.1) is 6.10 Å². The van der Waals surface area contributed by atoms with Crippen molar-refractivity contribution in [3.63, 3.8) is 0 Å². The normalized spacial score (nSPS) is 16.2. The van der Waals surface area contributed by atoms with E-state index in [0.29, 0.717) is 4.86 Å². The van der Waals surface area contributed by atoms with Crippen LogP contribution in [0.4, 0.5) is 0 Å². The second-order valence-electron chi connectivity index (χ2n) is 7.38. The van der Waals surface area contributed by atoms with Crippen LogP contribution >= 0.6 is 0 Å². The molecule has 0 spiro atoms. The van der Waals surface area contributed by atoms with Crippen molar-refractivity contribution >= 4 is 5.57 Å². The van der Waals surface area contributed by atoms with Gasteiger partial charge in [0.25, 0.3) is 0 Å². The molecule has 0 aliphatic heterocycles. The third-order valence-electron chi connectivity index (χ3n) is 3.48. The summed E-state index contributed by atoms with van der Waals surface area (Å²) in [4.78, 5) is 0.548. The molecule has 2 atom stereocenters. The van der Waals surface area contributed by atoms with Gasteiger partial charge < -0.3 is 15.1 Å². The van der Waals surface area contributed by atoms with Gasteiger partial charge in [-0.2, -0.15) is 0 Å². The Labute approximate surface area is 145 Å². The predicted octanol–water partition coefficient (Wildman–Crippen LogP) is 4.59. The summed E-state index contributed by atoms with van der Waals surface area (Å²) in [5.74, 6) is 0.952. The summed E-state index contributed by atoms with van der Waals surface area (Å²) in [6, 6.07) is 7.25. The van der Waals surface area contributed by atoms with E-state index in [1.54, 1.807) is 13.8 Å². The summed E-state index contributed by atoms with van der Waals surface area (Å²) in [6.45, 7) is 13.4. The molecule has 0 saturated carbocycles. The summed E-state index contributed by atoms with van der Waals surface area (Å²) in [5.41, 5.74) is 1.58. The maximum Gasteiger partial charge on any atom is 0.213 e. The lowest BCUT2D eigenvalue weighted by Crippen LogP contribution is -2.22. The van der Waals surface area contributed by atoms with Crippen molar-refractivity contribution in [2.24, 2.45) is 11.0 Å². The Morgan fingerprint density at radius 3 is 2.12 bits per heavy atom. The molecular formula is C19H30N2O3. The van der Waals surface area contributed by atoms with Gasteiger partial charge in [0, 0.05) is 5.57 Å². The van der Waals surface area contributed by atoms with Gasteiger partial charge in [-0.15, -0.1) is 0 Å². The zero-order valence-electron chi connectivity index (χ0n) is 15.8. The van der Waals surface area contributed by atoms with E-state index < -0.39 is 12.1 Å². The van der Waals surface area contributed by atoms with Crippen LogP contribution in [-0.4, -0.2) is 27.7 Å². The summed E-state index contributed by atoms with van der Waals surface area (Å²) >= 11 is 0. The minimum absolute atomic E-state index is 0.160. The van der Waals surface area contributed by atoms with Crippen molar-refractivity contribution in [2.45, 2.75) is 66.2 Å². The van der Waals surface area contributed by atoms with Gasteiger partial charge in [0.1, 0.15) is 17.4 Å². The highest BCUT2D eigenvalue weighted by Crippen LogP contribution is 2.26. The van der Waals surface area contributed by atoms with E-state index in [2.05, 4.69) is 5.11 Å². The second-order valence-corrected chi connectivity index (χ2v) is 7.38. The number of ether oxygens (including phenoxy) is 1. The number of benzene rings is 1. The zero-order chi connectivity index (χ0) is 18.5. The molecule has 0 bridgehead atoms. The third-order valence-corrected chi connectivity index (χ3v) is 3.48. The van der Waals surface area contributed by atoms with Gasteiger partial charge in [-0.05, 0) is 63.3 Å². The Morgan fingerprint density at radius 1 is 1.17 bits per heavy atom. The first-order valence-corrected chi connectivity index (χ1v) is 8.36. The molecule has 0 fully saturated rings. The van der Waals surface area contributed by atoms with Crippen LogP contribution in [0.1, 0.15) is 54.0 Å². The van der Waals surface area contributed by atoms with Crippen molar-refractivity contribution in [1.82, 2.24) is 0 Å². The second kappa shape index (κ2) is 8.29. The Balaban J connectivity index is 3.06. The molecule has 5 nitrogen and oxygen atoms in total. The molecule has 0 aliphatic rings. The van der Waals surface area contributed by atoms with Gasteiger partial charge in [0.2, 0.25) is 6.20 Å². The van der Waals surface area contributed by atoms with Crippen LogP contribution in [0.5, 0.6) is 5.75 Å². The zero-order valence-corrected chi connectivity index (χ0v) is 15.8. The predicted molar refractivity (Wildman–Crippen MR) is 96.8 cm³/mol. The lowest BCUT2D eigenvalue weighted by Gasteiger charge is -2.21. The molecule has 0 saturated heterocycles. The van der Waals surface area contributed by atoms with Crippen LogP contribution in [0.2, 0.25) is 0 Å². The smallest absolute Gasteiger partial charge is 0.213 e. The molecule has 1 N–H and O–H groups in total. The van der Waals surface area contributed by atoms with Gasteiger partial charge >= 0.3 is 0 Å². The number of hydroxylamine groups is 1. The maximum absolute atomic E-state index is 12.0. The molecule has 0 aromatic heterocycles. The topological polar surface area (TPSA) is 67.9 Å². The lowest BCUT2D eigenvalue weighted by atomic mass is 9.96. The summed E-state index contributed by atoms with van der Waals surface area (Å²) in [7, 11) is 0. The standard InChI is InChI=1S/C19H30N2O3/c1-13(2)18(12-21(23)20-14(3)15(4)22)16-8-10-17(11-9-16)24-19(5,6)7/h8-15,22H,1-7H3/b18-12-,21-20?. The van der Waals surface area contributed by atoms with E-state index in [1.165, 1.54) is 6.20 Å². The van der Waals surface area contributed by atoms with Gasteiger partial charge in [0.15, 0.2) is 0 Å². The number of rotatable bonds is 6. The quantitative estimate of drug-likeness (QED) is 0.470. The minimum Gasteiger partial charge on any atom is -0.595 e. The Kier molecular flexibility index (Phi) is 6.96. The number of aliphatic hydroxyl groups is 1. The number of allylic oxidation sites excluding steroid dienone is 1. The average molecular weight is 334 g/mol. The van der Waals surface area contributed by atoms with E-state index in [-0.39, 0.29) is 11.5 Å². The first-order valence-electron chi connectivity index (χ1n) is 8.36. The first-order chi connectivity index (χ1) is 11.0. The number of nitrogens with zero attached hydrogens (tertiary/aromatic N) is 2. The Hall–Kier alpha value is -1.88. The first kappa shape index (κ1) is 20.2. The van der Waals surface area contributed by atoms with Gasteiger partial charge in [-0.1, -0.05) is 30.8 Å². The van der Waals surface area contributed by atoms with Crippen LogP contribution in [0.15, 0.2) is 35.6 Å². The molecule has 0 radical (unpaired) electrons.